The third-order valence-electron chi connectivity index (χ3n) is 3.22. The molecule has 2 atom stereocenters. The Hall–Kier alpha value is -1.54. The molecule has 1 aromatic carbocycles. The van der Waals surface area contributed by atoms with Crippen molar-refractivity contribution < 1.29 is 4.42 Å². The molecule has 90 valence electrons. The molecule has 2 aromatic rings. The number of hydrogen-bond acceptors (Lipinski definition) is 2. The van der Waals surface area contributed by atoms with E-state index in [4.69, 9.17) is 10.2 Å². The maximum atomic E-state index is 6.24. The summed E-state index contributed by atoms with van der Waals surface area (Å²) < 4.78 is 5.71. The van der Waals surface area contributed by atoms with E-state index >= 15 is 0 Å². The predicted molar refractivity (Wildman–Crippen MR) is 69.9 cm³/mol. The summed E-state index contributed by atoms with van der Waals surface area (Å²) in [6, 6.07) is 14.2. The minimum atomic E-state index is -0.0855. The SMILES string of the molecule is CCc1ccc(C(N)C(C)c2ccccc2)o1. The van der Waals surface area contributed by atoms with Gasteiger partial charge in [0.05, 0.1) is 6.04 Å². The maximum Gasteiger partial charge on any atom is 0.121 e. The Bertz CT molecular complexity index is 461. The molecule has 0 fully saturated rings. The van der Waals surface area contributed by atoms with Crippen LogP contribution in [0.4, 0.5) is 0 Å². The lowest BCUT2D eigenvalue weighted by molar-refractivity contribution is 0.412. The summed E-state index contributed by atoms with van der Waals surface area (Å²) in [4.78, 5) is 0. The minimum Gasteiger partial charge on any atom is -0.464 e. The molecule has 0 radical (unpaired) electrons. The molecule has 0 aliphatic rings. The lowest BCUT2D eigenvalue weighted by Gasteiger charge is -2.18. The van der Waals surface area contributed by atoms with E-state index in [0.717, 1.165) is 17.9 Å². The molecular weight excluding hydrogens is 210 g/mol. The number of aryl methyl sites for hydroxylation is 1. The van der Waals surface area contributed by atoms with Gasteiger partial charge in [0.25, 0.3) is 0 Å². The van der Waals surface area contributed by atoms with E-state index < -0.39 is 0 Å². The Morgan fingerprint density at radius 3 is 2.41 bits per heavy atom. The monoisotopic (exact) mass is 229 g/mol. The van der Waals surface area contributed by atoms with Crippen molar-refractivity contribution >= 4 is 0 Å². The van der Waals surface area contributed by atoms with E-state index in [2.05, 4.69) is 26.0 Å². The largest absolute Gasteiger partial charge is 0.464 e. The molecule has 2 nitrogen and oxygen atoms in total. The normalized spacial score (nSPS) is 14.5. The van der Waals surface area contributed by atoms with Crippen LogP contribution < -0.4 is 5.73 Å². The molecule has 1 aromatic heterocycles. The predicted octanol–water partition coefficient (Wildman–Crippen LogP) is 3.65. The summed E-state index contributed by atoms with van der Waals surface area (Å²) in [5.41, 5.74) is 7.49. The highest BCUT2D eigenvalue weighted by Gasteiger charge is 2.19. The fraction of sp³-hybridized carbons (Fsp3) is 0.333. The van der Waals surface area contributed by atoms with Crippen LogP contribution in [0.3, 0.4) is 0 Å². The van der Waals surface area contributed by atoms with Crippen molar-refractivity contribution in [1.29, 1.82) is 0 Å². The van der Waals surface area contributed by atoms with Crippen molar-refractivity contribution in [2.75, 3.05) is 0 Å². The molecule has 17 heavy (non-hydrogen) atoms. The highest BCUT2D eigenvalue weighted by molar-refractivity contribution is 5.23. The van der Waals surface area contributed by atoms with Gasteiger partial charge in [0.15, 0.2) is 0 Å². The fourth-order valence-corrected chi connectivity index (χ4v) is 1.97. The fourth-order valence-electron chi connectivity index (χ4n) is 1.97. The van der Waals surface area contributed by atoms with E-state index in [1.54, 1.807) is 0 Å². The van der Waals surface area contributed by atoms with Gasteiger partial charge in [0.2, 0.25) is 0 Å². The smallest absolute Gasteiger partial charge is 0.121 e. The van der Waals surface area contributed by atoms with Crippen LogP contribution in [-0.4, -0.2) is 0 Å². The summed E-state index contributed by atoms with van der Waals surface area (Å²) in [6.07, 6.45) is 0.909. The van der Waals surface area contributed by atoms with Crippen molar-refractivity contribution in [3.8, 4) is 0 Å². The quantitative estimate of drug-likeness (QED) is 0.869. The Kier molecular flexibility index (Phi) is 3.64. The molecule has 0 spiro atoms. The molecule has 0 bridgehead atoms. The van der Waals surface area contributed by atoms with E-state index in [1.165, 1.54) is 5.56 Å². The van der Waals surface area contributed by atoms with Crippen LogP contribution in [0.1, 0.15) is 42.9 Å². The van der Waals surface area contributed by atoms with Gasteiger partial charge in [0, 0.05) is 12.3 Å². The second kappa shape index (κ2) is 5.19. The molecule has 0 aliphatic carbocycles. The van der Waals surface area contributed by atoms with Gasteiger partial charge in [-0.25, -0.2) is 0 Å². The van der Waals surface area contributed by atoms with Gasteiger partial charge < -0.3 is 10.2 Å². The lowest BCUT2D eigenvalue weighted by atomic mass is 9.92. The zero-order valence-corrected chi connectivity index (χ0v) is 10.4. The average Bonchev–Trinajstić information content (AvgIpc) is 2.87. The molecular formula is C15H19NO. The lowest BCUT2D eigenvalue weighted by Crippen LogP contribution is -2.16. The number of furan rings is 1. The average molecular weight is 229 g/mol. The first-order valence-electron chi connectivity index (χ1n) is 6.11. The molecule has 1 heterocycles. The van der Waals surface area contributed by atoms with E-state index in [-0.39, 0.29) is 12.0 Å². The second-order valence-corrected chi connectivity index (χ2v) is 4.38. The Labute approximate surface area is 102 Å². The van der Waals surface area contributed by atoms with Gasteiger partial charge in [-0.1, -0.05) is 44.2 Å². The van der Waals surface area contributed by atoms with Crippen molar-refractivity contribution in [1.82, 2.24) is 0 Å². The highest BCUT2D eigenvalue weighted by atomic mass is 16.3. The van der Waals surface area contributed by atoms with Crippen LogP contribution in [-0.2, 0) is 6.42 Å². The Balaban J connectivity index is 2.17. The maximum absolute atomic E-state index is 6.24. The third-order valence-corrected chi connectivity index (χ3v) is 3.22. The molecule has 0 amide bonds. The van der Waals surface area contributed by atoms with E-state index in [0.29, 0.717) is 0 Å². The van der Waals surface area contributed by atoms with Crippen LogP contribution in [0.25, 0.3) is 0 Å². The number of hydrogen-bond donors (Lipinski definition) is 1. The Morgan fingerprint density at radius 2 is 1.82 bits per heavy atom. The zero-order valence-electron chi connectivity index (χ0n) is 10.4. The molecule has 2 unspecified atom stereocenters. The molecule has 2 heteroatoms. The summed E-state index contributed by atoms with van der Waals surface area (Å²) in [5.74, 6) is 2.13. The first-order chi connectivity index (χ1) is 8.22. The number of benzene rings is 1. The van der Waals surface area contributed by atoms with Crippen LogP contribution in [0.5, 0.6) is 0 Å². The first kappa shape index (κ1) is 11.9. The second-order valence-electron chi connectivity index (χ2n) is 4.38. The summed E-state index contributed by atoms with van der Waals surface area (Å²) in [7, 11) is 0. The highest BCUT2D eigenvalue weighted by Crippen LogP contribution is 2.29. The van der Waals surface area contributed by atoms with Gasteiger partial charge >= 0.3 is 0 Å². The van der Waals surface area contributed by atoms with Crippen LogP contribution in [0, 0.1) is 0 Å². The zero-order chi connectivity index (χ0) is 12.3. The van der Waals surface area contributed by atoms with Crippen LogP contribution in [0.15, 0.2) is 46.9 Å². The summed E-state index contributed by atoms with van der Waals surface area (Å²) in [6.45, 7) is 4.21. The minimum absolute atomic E-state index is 0.0855. The van der Waals surface area contributed by atoms with Crippen molar-refractivity contribution in [2.45, 2.75) is 32.2 Å². The Morgan fingerprint density at radius 1 is 1.12 bits per heavy atom. The first-order valence-corrected chi connectivity index (χ1v) is 6.11. The summed E-state index contributed by atoms with van der Waals surface area (Å²) >= 11 is 0. The van der Waals surface area contributed by atoms with E-state index in [9.17, 15) is 0 Å². The van der Waals surface area contributed by atoms with E-state index in [1.807, 2.05) is 30.3 Å². The van der Waals surface area contributed by atoms with Gasteiger partial charge in [-0.15, -0.1) is 0 Å². The molecule has 0 saturated heterocycles. The topological polar surface area (TPSA) is 39.2 Å². The molecule has 0 saturated carbocycles. The van der Waals surface area contributed by atoms with Crippen molar-refractivity contribution in [2.24, 2.45) is 5.73 Å². The van der Waals surface area contributed by atoms with Crippen LogP contribution >= 0.6 is 0 Å². The molecule has 0 aliphatic heterocycles. The van der Waals surface area contributed by atoms with Crippen LogP contribution in [0.2, 0.25) is 0 Å². The number of nitrogens with two attached hydrogens (primary N) is 1. The van der Waals surface area contributed by atoms with Gasteiger partial charge in [-0.3, -0.25) is 0 Å². The summed E-state index contributed by atoms with van der Waals surface area (Å²) in [5, 5.41) is 0. The van der Waals surface area contributed by atoms with Crippen molar-refractivity contribution in [3.63, 3.8) is 0 Å². The van der Waals surface area contributed by atoms with Gasteiger partial charge in [-0.2, -0.15) is 0 Å². The third kappa shape index (κ3) is 2.59. The molecule has 2 rings (SSSR count). The standard InChI is InChI=1S/C15H19NO/c1-3-13-9-10-14(17-13)15(16)11(2)12-7-5-4-6-8-12/h4-11,15H,3,16H2,1-2H3. The molecule has 2 N–H and O–H groups in total. The number of rotatable bonds is 4. The van der Waals surface area contributed by atoms with Crippen molar-refractivity contribution in [3.05, 3.63) is 59.5 Å². The van der Waals surface area contributed by atoms with Gasteiger partial charge in [-0.05, 0) is 17.7 Å². The van der Waals surface area contributed by atoms with Gasteiger partial charge in [0.1, 0.15) is 11.5 Å².